The van der Waals surface area contributed by atoms with Crippen molar-refractivity contribution in [2.75, 3.05) is 0 Å². The van der Waals surface area contributed by atoms with Crippen LogP contribution in [0, 0.1) is 17.5 Å². The highest BCUT2D eigenvalue weighted by atomic mass is 35.5. The summed E-state index contributed by atoms with van der Waals surface area (Å²) in [6.45, 7) is 0.0949. The Bertz CT molecular complexity index is 635. The third kappa shape index (κ3) is 3.76. The largest absolute Gasteiger partial charge is 0.348 e. The van der Waals surface area contributed by atoms with Crippen LogP contribution >= 0.6 is 11.6 Å². The van der Waals surface area contributed by atoms with Gasteiger partial charge in [0, 0.05) is 24.6 Å². The summed E-state index contributed by atoms with van der Waals surface area (Å²) in [5, 5.41) is 2.38. The van der Waals surface area contributed by atoms with Crippen LogP contribution in [-0.2, 0) is 12.4 Å². The topological polar surface area (TPSA) is 29.1 Å². The molecule has 0 spiro atoms. The average molecular weight is 314 g/mol. The molecule has 1 N–H and O–H groups in total. The average Bonchev–Trinajstić information content (AvgIpc) is 2.44. The van der Waals surface area contributed by atoms with Crippen LogP contribution < -0.4 is 5.32 Å². The van der Waals surface area contributed by atoms with E-state index in [1.54, 1.807) is 24.3 Å². The van der Waals surface area contributed by atoms with E-state index < -0.39 is 28.9 Å². The summed E-state index contributed by atoms with van der Waals surface area (Å²) in [6, 6.07) is 7.99. The van der Waals surface area contributed by atoms with Crippen LogP contribution in [0.15, 0.2) is 36.4 Å². The maximum atomic E-state index is 13.4. The lowest BCUT2D eigenvalue weighted by Crippen LogP contribution is -2.25. The van der Waals surface area contributed by atoms with Crippen molar-refractivity contribution in [3.63, 3.8) is 0 Å². The van der Waals surface area contributed by atoms with Crippen molar-refractivity contribution in [1.29, 1.82) is 0 Å². The number of benzene rings is 2. The van der Waals surface area contributed by atoms with Crippen LogP contribution in [0.2, 0.25) is 0 Å². The fourth-order valence-corrected chi connectivity index (χ4v) is 1.95. The summed E-state index contributed by atoms with van der Waals surface area (Å²) in [6.07, 6.45) is 0. The number of alkyl halides is 1. The summed E-state index contributed by atoms with van der Waals surface area (Å²) in [7, 11) is 0. The Morgan fingerprint density at radius 3 is 2.05 bits per heavy atom. The summed E-state index contributed by atoms with van der Waals surface area (Å²) < 4.78 is 39.6. The molecule has 0 aliphatic heterocycles. The van der Waals surface area contributed by atoms with Crippen molar-refractivity contribution in [3.8, 4) is 0 Å². The monoisotopic (exact) mass is 313 g/mol. The van der Waals surface area contributed by atoms with Gasteiger partial charge in [0.1, 0.15) is 23.0 Å². The molecular formula is C15H11ClF3NO. The molecule has 0 radical (unpaired) electrons. The summed E-state index contributed by atoms with van der Waals surface area (Å²) >= 11 is 5.65. The number of halogens is 4. The van der Waals surface area contributed by atoms with Gasteiger partial charge in [0.15, 0.2) is 0 Å². The molecule has 2 aromatic rings. The van der Waals surface area contributed by atoms with Crippen LogP contribution in [0.25, 0.3) is 0 Å². The number of nitrogens with one attached hydrogen (secondary N) is 1. The van der Waals surface area contributed by atoms with Crippen molar-refractivity contribution >= 4 is 17.5 Å². The molecule has 0 bridgehead atoms. The molecule has 21 heavy (non-hydrogen) atoms. The van der Waals surface area contributed by atoms with E-state index >= 15 is 0 Å². The first-order valence-electron chi connectivity index (χ1n) is 6.08. The lowest BCUT2D eigenvalue weighted by molar-refractivity contribution is 0.0942. The predicted octanol–water partition coefficient (Wildman–Crippen LogP) is 3.77. The first-order chi connectivity index (χ1) is 10.0. The van der Waals surface area contributed by atoms with Gasteiger partial charge in [0.05, 0.1) is 0 Å². The van der Waals surface area contributed by atoms with E-state index in [2.05, 4.69) is 5.32 Å². The zero-order valence-electron chi connectivity index (χ0n) is 10.8. The molecule has 0 saturated heterocycles. The molecule has 110 valence electrons. The van der Waals surface area contributed by atoms with E-state index in [9.17, 15) is 18.0 Å². The third-order valence-corrected chi connectivity index (χ3v) is 3.17. The Kier molecular flexibility index (Phi) is 4.85. The molecule has 2 nitrogen and oxygen atoms in total. The minimum absolute atomic E-state index is 0.0949. The number of carbonyl (C=O) groups excluding carboxylic acids is 1. The smallest absolute Gasteiger partial charge is 0.257 e. The van der Waals surface area contributed by atoms with Crippen LogP contribution in [0.1, 0.15) is 21.5 Å². The lowest BCUT2D eigenvalue weighted by atomic mass is 10.1. The van der Waals surface area contributed by atoms with Gasteiger partial charge >= 0.3 is 0 Å². The summed E-state index contributed by atoms with van der Waals surface area (Å²) in [4.78, 5) is 11.8. The number of amides is 1. The van der Waals surface area contributed by atoms with Crippen molar-refractivity contribution in [2.45, 2.75) is 12.4 Å². The second kappa shape index (κ2) is 6.63. The minimum Gasteiger partial charge on any atom is -0.348 e. The highest BCUT2D eigenvalue weighted by Crippen LogP contribution is 2.15. The second-order valence-corrected chi connectivity index (χ2v) is 4.64. The van der Waals surface area contributed by atoms with E-state index in [-0.39, 0.29) is 6.54 Å². The Morgan fingerprint density at radius 2 is 1.52 bits per heavy atom. The van der Waals surface area contributed by atoms with Crippen molar-refractivity contribution in [2.24, 2.45) is 0 Å². The van der Waals surface area contributed by atoms with Crippen molar-refractivity contribution < 1.29 is 18.0 Å². The van der Waals surface area contributed by atoms with Gasteiger partial charge in [-0.05, 0) is 11.1 Å². The first-order valence-corrected chi connectivity index (χ1v) is 6.61. The van der Waals surface area contributed by atoms with E-state index in [1.807, 2.05) is 0 Å². The maximum Gasteiger partial charge on any atom is 0.257 e. The quantitative estimate of drug-likeness (QED) is 0.855. The number of rotatable bonds is 4. The van der Waals surface area contributed by atoms with E-state index in [4.69, 9.17) is 11.6 Å². The molecule has 1 amide bonds. The van der Waals surface area contributed by atoms with Gasteiger partial charge in [0.25, 0.3) is 5.91 Å². The molecule has 0 aliphatic carbocycles. The standard InChI is InChI=1S/C15H11ClF3NO/c16-7-9-1-3-10(4-2-9)8-20-15(21)14-12(18)5-11(17)6-13(14)19/h1-6H,7-8H2,(H,20,21). The van der Waals surface area contributed by atoms with E-state index in [1.165, 1.54) is 0 Å². The molecule has 0 saturated carbocycles. The number of hydrogen-bond acceptors (Lipinski definition) is 1. The highest BCUT2D eigenvalue weighted by Gasteiger charge is 2.18. The van der Waals surface area contributed by atoms with Gasteiger partial charge in [0.2, 0.25) is 0 Å². The summed E-state index contributed by atoms with van der Waals surface area (Å²) in [5.41, 5.74) is 0.872. The molecule has 0 aromatic heterocycles. The fourth-order valence-electron chi connectivity index (χ4n) is 1.78. The third-order valence-electron chi connectivity index (χ3n) is 2.86. The summed E-state index contributed by atoms with van der Waals surface area (Å²) in [5.74, 6) is -4.10. The van der Waals surface area contributed by atoms with Crippen LogP contribution in [-0.4, -0.2) is 5.91 Å². The van der Waals surface area contributed by atoms with Gasteiger partial charge in [-0.15, -0.1) is 11.6 Å². The molecule has 0 aliphatic rings. The Balaban J connectivity index is 2.08. The molecule has 0 heterocycles. The zero-order valence-corrected chi connectivity index (χ0v) is 11.6. The molecule has 2 rings (SSSR count). The number of hydrogen-bond donors (Lipinski definition) is 1. The van der Waals surface area contributed by atoms with Crippen LogP contribution in [0.5, 0.6) is 0 Å². The SMILES string of the molecule is O=C(NCc1ccc(CCl)cc1)c1c(F)cc(F)cc1F. The predicted molar refractivity (Wildman–Crippen MR) is 73.5 cm³/mol. The van der Waals surface area contributed by atoms with Gasteiger partial charge < -0.3 is 5.32 Å². The first kappa shape index (κ1) is 15.4. The highest BCUT2D eigenvalue weighted by molar-refractivity contribution is 6.17. The van der Waals surface area contributed by atoms with Gasteiger partial charge in [-0.1, -0.05) is 24.3 Å². The Morgan fingerprint density at radius 1 is 1.00 bits per heavy atom. The zero-order chi connectivity index (χ0) is 15.4. The normalized spacial score (nSPS) is 10.5. The van der Waals surface area contributed by atoms with Crippen LogP contribution in [0.4, 0.5) is 13.2 Å². The minimum atomic E-state index is -1.23. The van der Waals surface area contributed by atoms with Crippen molar-refractivity contribution in [1.82, 2.24) is 5.32 Å². The van der Waals surface area contributed by atoms with Crippen LogP contribution in [0.3, 0.4) is 0 Å². The second-order valence-electron chi connectivity index (χ2n) is 4.38. The van der Waals surface area contributed by atoms with E-state index in [0.717, 1.165) is 11.1 Å². The van der Waals surface area contributed by atoms with Gasteiger partial charge in [-0.3, -0.25) is 4.79 Å². The molecule has 6 heteroatoms. The molecule has 0 unspecified atom stereocenters. The van der Waals surface area contributed by atoms with Gasteiger partial charge in [-0.2, -0.15) is 0 Å². The number of carbonyl (C=O) groups is 1. The van der Waals surface area contributed by atoms with E-state index in [0.29, 0.717) is 18.0 Å². The van der Waals surface area contributed by atoms with Crippen molar-refractivity contribution in [3.05, 3.63) is 70.5 Å². The molecular weight excluding hydrogens is 303 g/mol. The Labute approximate surface area is 124 Å². The molecule has 2 aromatic carbocycles. The molecule has 0 fully saturated rings. The fraction of sp³-hybridized carbons (Fsp3) is 0.133. The van der Waals surface area contributed by atoms with Gasteiger partial charge in [-0.25, -0.2) is 13.2 Å². The Hall–Kier alpha value is -2.01. The molecule has 0 atom stereocenters. The maximum absolute atomic E-state index is 13.4. The lowest BCUT2D eigenvalue weighted by Gasteiger charge is -2.08.